The van der Waals surface area contributed by atoms with Crippen LogP contribution in [0.25, 0.3) is 5.65 Å². The number of aromatic nitrogens is 3. The van der Waals surface area contributed by atoms with Gasteiger partial charge in [-0.05, 0) is 31.0 Å². The molecule has 136 valence electrons. The number of pyridine rings is 1. The number of benzene rings is 1. The molecule has 0 radical (unpaired) electrons. The molecule has 1 aromatic carbocycles. The topological polar surface area (TPSA) is 68.4 Å². The summed E-state index contributed by atoms with van der Waals surface area (Å²) in [6, 6.07) is 13.8. The fraction of sp³-hybridized carbons (Fsp3) is 0.316. The lowest BCUT2D eigenvalue weighted by Gasteiger charge is -2.05. The molecule has 0 bridgehead atoms. The minimum absolute atomic E-state index is 0.0180. The molecule has 1 amide bonds. The highest BCUT2D eigenvalue weighted by atomic mass is 32.2. The van der Waals surface area contributed by atoms with E-state index in [0.717, 1.165) is 5.75 Å². The summed E-state index contributed by atoms with van der Waals surface area (Å²) < 4.78 is 2.95. The largest absolute Gasteiger partial charge is 0.355 e. The van der Waals surface area contributed by atoms with Crippen LogP contribution in [0.4, 0.5) is 0 Å². The average molecular weight is 370 g/mol. The molecule has 0 saturated carbocycles. The van der Waals surface area contributed by atoms with Gasteiger partial charge >= 0.3 is 5.69 Å². The van der Waals surface area contributed by atoms with E-state index in [0.29, 0.717) is 30.9 Å². The van der Waals surface area contributed by atoms with E-state index >= 15 is 0 Å². The standard InChI is InChI=1S/C19H22N4O2S/c1-15-6-8-16(9-7-15)13-26-14-18(24)20-10-4-12-23-19(25)22-11-3-2-5-17(22)21-23/h2-3,5-9,11H,4,10,12-14H2,1H3,(H,20,24). The lowest BCUT2D eigenvalue weighted by Crippen LogP contribution is -2.28. The second-order valence-corrected chi connectivity index (χ2v) is 7.10. The maximum absolute atomic E-state index is 12.1. The van der Waals surface area contributed by atoms with Crippen LogP contribution in [-0.4, -0.2) is 32.4 Å². The first-order valence-electron chi connectivity index (χ1n) is 8.58. The Labute approximate surface area is 156 Å². The molecule has 1 N–H and O–H groups in total. The number of rotatable bonds is 8. The molecular weight excluding hydrogens is 348 g/mol. The first-order chi connectivity index (χ1) is 12.6. The predicted molar refractivity (Wildman–Crippen MR) is 104 cm³/mol. The van der Waals surface area contributed by atoms with Gasteiger partial charge in [-0.25, -0.2) is 9.48 Å². The number of nitrogens with zero attached hydrogens (tertiary/aromatic N) is 3. The fourth-order valence-electron chi connectivity index (χ4n) is 2.57. The van der Waals surface area contributed by atoms with Crippen molar-refractivity contribution in [1.82, 2.24) is 19.5 Å². The van der Waals surface area contributed by atoms with Crippen molar-refractivity contribution < 1.29 is 4.79 Å². The number of hydrogen-bond acceptors (Lipinski definition) is 4. The van der Waals surface area contributed by atoms with Crippen molar-refractivity contribution in [3.63, 3.8) is 0 Å². The molecule has 3 aromatic rings. The zero-order valence-electron chi connectivity index (χ0n) is 14.7. The molecular formula is C19H22N4O2S. The Bertz CT molecular complexity index is 931. The Morgan fingerprint density at radius 2 is 2.00 bits per heavy atom. The number of amides is 1. The molecule has 0 spiro atoms. The van der Waals surface area contributed by atoms with Crippen molar-refractivity contribution >= 4 is 23.3 Å². The summed E-state index contributed by atoms with van der Waals surface area (Å²) in [7, 11) is 0. The smallest absolute Gasteiger partial charge is 0.350 e. The molecule has 0 aliphatic rings. The van der Waals surface area contributed by atoms with Gasteiger partial charge in [0.1, 0.15) is 0 Å². The van der Waals surface area contributed by atoms with Crippen molar-refractivity contribution in [2.45, 2.75) is 25.6 Å². The lowest BCUT2D eigenvalue weighted by atomic mass is 10.2. The van der Waals surface area contributed by atoms with E-state index in [1.165, 1.54) is 20.2 Å². The van der Waals surface area contributed by atoms with Gasteiger partial charge in [-0.1, -0.05) is 35.9 Å². The van der Waals surface area contributed by atoms with Gasteiger partial charge in [0.15, 0.2) is 5.65 Å². The van der Waals surface area contributed by atoms with Crippen LogP contribution in [0.15, 0.2) is 53.5 Å². The number of thioether (sulfide) groups is 1. The Morgan fingerprint density at radius 1 is 1.19 bits per heavy atom. The van der Waals surface area contributed by atoms with Crippen LogP contribution in [0.2, 0.25) is 0 Å². The second kappa shape index (κ2) is 8.71. The van der Waals surface area contributed by atoms with Gasteiger partial charge in [0.05, 0.1) is 5.75 Å². The number of carbonyl (C=O) groups excluding carboxylic acids is 1. The van der Waals surface area contributed by atoms with E-state index in [-0.39, 0.29) is 11.6 Å². The van der Waals surface area contributed by atoms with E-state index in [2.05, 4.69) is 41.6 Å². The lowest BCUT2D eigenvalue weighted by molar-refractivity contribution is -0.118. The van der Waals surface area contributed by atoms with Crippen LogP contribution in [0.1, 0.15) is 17.5 Å². The Balaban J connectivity index is 1.36. The molecule has 0 unspecified atom stereocenters. The molecule has 3 rings (SSSR count). The molecule has 0 aliphatic carbocycles. The van der Waals surface area contributed by atoms with E-state index in [9.17, 15) is 9.59 Å². The summed E-state index contributed by atoms with van der Waals surface area (Å²) in [4.78, 5) is 24.0. The molecule has 0 aliphatic heterocycles. The minimum Gasteiger partial charge on any atom is -0.355 e. The van der Waals surface area contributed by atoms with Crippen LogP contribution in [-0.2, 0) is 17.1 Å². The Hall–Kier alpha value is -2.54. The first-order valence-corrected chi connectivity index (χ1v) is 9.73. The van der Waals surface area contributed by atoms with E-state index in [4.69, 9.17) is 0 Å². The monoisotopic (exact) mass is 370 g/mol. The van der Waals surface area contributed by atoms with E-state index < -0.39 is 0 Å². The number of aryl methyl sites for hydroxylation is 2. The SMILES string of the molecule is Cc1ccc(CSCC(=O)NCCCn2nc3ccccn3c2=O)cc1. The van der Waals surface area contributed by atoms with Gasteiger partial charge in [-0.15, -0.1) is 16.9 Å². The van der Waals surface area contributed by atoms with Crippen molar-refractivity contribution in [1.29, 1.82) is 0 Å². The maximum atomic E-state index is 12.1. The third-order valence-corrected chi connectivity index (χ3v) is 4.98. The van der Waals surface area contributed by atoms with Crippen LogP contribution in [0, 0.1) is 6.92 Å². The van der Waals surface area contributed by atoms with Gasteiger partial charge in [0.2, 0.25) is 5.91 Å². The number of carbonyl (C=O) groups is 1. The highest BCUT2D eigenvalue weighted by molar-refractivity contribution is 7.99. The second-order valence-electron chi connectivity index (χ2n) is 6.12. The van der Waals surface area contributed by atoms with E-state index in [1.807, 2.05) is 6.07 Å². The van der Waals surface area contributed by atoms with Crippen molar-refractivity contribution in [3.8, 4) is 0 Å². The molecule has 2 aromatic heterocycles. The molecule has 0 fully saturated rings. The van der Waals surface area contributed by atoms with Gasteiger partial charge < -0.3 is 5.32 Å². The maximum Gasteiger partial charge on any atom is 0.350 e. The van der Waals surface area contributed by atoms with E-state index in [1.54, 1.807) is 30.1 Å². The summed E-state index contributed by atoms with van der Waals surface area (Å²) in [5, 5.41) is 7.16. The summed E-state index contributed by atoms with van der Waals surface area (Å²) >= 11 is 1.60. The fourth-order valence-corrected chi connectivity index (χ4v) is 3.38. The number of fused-ring (bicyclic) bond motifs is 1. The molecule has 26 heavy (non-hydrogen) atoms. The van der Waals surface area contributed by atoms with Crippen molar-refractivity contribution in [2.75, 3.05) is 12.3 Å². The third kappa shape index (κ3) is 4.76. The quantitative estimate of drug-likeness (QED) is 0.618. The first kappa shape index (κ1) is 18.3. The highest BCUT2D eigenvalue weighted by Gasteiger charge is 2.06. The summed E-state index contributed by atoms with van der Waals surface area (Å²) in [6.07, 6.45) is 2.37. The zero-order valence-corrected chi connectivity index (χ0v) is 15.5. The highest BCUT2D eigenvalue weighted by Crippen LogP contribution is 2.12. The predicted octanol–water partition coefficient (Wildman–Crippen LogP) is 2.24. The summed E-state index contributed by atoms with van der Waals surface area (Å²) in [6.45, 7) is 3.08. The Morgan fingerprint density at radius 3 is 2.77 bits per heavy atom. The molecule has 7 heteroatoms. The van der Waals surface area contributed by atoms with Gasteiger partial charge in [-0.3, -0.25) is 9.20 Å². The zero-order chi connectivity index (χ0) is 18.4. The minimum atomic E-state index is -0.152. The molecule has 0 saturated heterocycles. The number of hydrogen-bond donors (Lipinski definition) is 1. The van der Waals surface area contributed by atoms with Gasteiger partial charge in [0, 0.05) is 25.0 Å². The summed E-state index contributed by atoms with van der Waals surface area (Å²) in [5.41, 5.74) is 2.94. The van der Waals surface area contributed by atoms with Crippen molar-refractivity contribution in [2.24, 2.45) is 0 Å². The van der Waals surface area contributed by atoms with Crippen molar-refractivity contribution in [3.05, 3.63) is 70.3 Å². The van der Waals surface area contributed by atoms with Crippen LogP contribution in [0.5, 0.6) is 0 Å². The normalized spacial score (nSPS) is 11.0. The van der Waals surface area contributed by atoms with Gasteiger partial charge in [0.25, 0.3) is 0 Å². The third-order valence-electron chi connectivity index (χ3n) is 3.98. The number of nitrogens with one attached hydrogen (secondary N) is 1. The average Bonchev–Trinajstić information content (AvgIpc) is 2.97. The van der Waals surface area contributed by atoms with Gasteiger partial charge in [-0.2, -0.15) is 0 Å². The Kier molecular flexibility index (Phi) is 6.12. The molecule has 2 heterocycles. The molecule has 0 atom stereocenters. The van der Waals surface area contributed by atoms with Crippen LogP contribution in [0.3, 0.4) is 0 Å². The molecule has 6 nitrogen and oxygen atoms in total. The van der Waals surface area contributed by atoms with Crippen LogP contribution >= 0.6 is 11.8 Å². The van der Waals surface area contributed by atoms with Crippen LogP contribution < -0.4 is 11.0 Å². The summed E-state index contributed by atoms with van der Waals surface area (Å²) in [5.74, 6) is 1.27.